The SMILES string of the molecule is O=c1c2ccccc2ncn1-c1ccc(-c2nnc(-c3ccccc3)o2)cc1[N+](=O)[O-]. The van der Waals surface area contributed by atoms with Gasteiger partial charge in [-0.25, -0.2) is 4.98 Å². The van der Waals surface area contributed by atoms with E-state index in [9.17, 15) is 14.9 Å². The zero-order valence-corrected chi connectivity index (χ0v) is 15.9. The summed E-state index contributed by atoms with van der Waals surface area (Å²) >= 11 is 0. The predicted octanol–water partition coefficient (Wildman–Crippen LogP) is 4.01. The molecule has 0 spiro atoms. The maximum Gasteiger partial charge on any atom is 0.294 e. The molecule has 31 heavy (non-hydrogen) atoms. The summed E-state index contributed by atoms with van der Waals surface area (Å²) in [6.45, 7) is 0. The monoisotopic (exact) mass is 411 g/mol. The number of aromatic nitrogens is 4. The molecule has 3 aromatic carbocycles. The van der Waals surface area contributed by atoms with E-state index in [0.717, 1.165) is 10.1 Å². The van der Waals surface area contributed by atoms with Crippen molar-refractivity contribution in [1.29, 1.82) is 0 Å². The first kappa shape index (κ1) is 18.4. The standard InChI is InChI=1S/C22H13N5O4/c28-22-16-8-4-5-9-17(16)23-13-26(22)18-11-10-15(12-19(18)27(29)30)21-25-24-20(31-21)14-6-2-1-3-7-14/h1-13H. The van der Waals surface area contributed by atoms with Gasteiger partial charge >= 0.3 is 0 Å². The number of nitro benzene ring substituents is 1. The molecule has 0 unspecified atom stereocenters. The van der Waals surface area contributed by atoms with Crippen LogP contribution in [0.5, 0.6) is 0 Å². The molecule has 0 aliphatic heterocycles. The van der Waals surface area contributed by atoms with Crippen LogP contribution in [0, 0.1) is 10.1 Å². The first-order valence-corrected chi connectivity index (χ1v) is 9.26. The van der Waals surface area contributed by atoms with Crippen molar-refractivity contribution in [2.24, 2.45) is 0 Å². The molecular weight excluding hydrogens is 398 g/mol. The Morgan fingerprint density at radius 3 is 2.35 bits per heavy atom. The van der Waals surface area contributed by atoms with Gasteiger partial charge in [0.15, 0.2) is 0 Å². The summed E-state index contributed by atoms with van der Waals surface area (Å²) in [7, 11) is 0. The zero-order valence-electron chi connectivity index (χ0n) is 15.9. The van der Waals surface area contributed by atoms with Crippen molar-refractivity contribution in [3.8, 4) is 28.6 Å². The fourth-order valence-electron chi connectivity index (χ4n) is 3.28. The van der Waals surface area contributed by atoms with Gasteiger partial charge in [0.2, 0.25) is 11.8 Å². The van der Waals surface area contributed by atoms with Gasteiger partial charge in [0, 0.05) is 17.2 Å². The van der Waals surface area contributed by atoms with Crippen LogP contribution >= 0.6 is 0 Å². The number of hydrogen-bond acceptors (Lipinski definition) is 7. The van der Waals surface area contributed by atoms with E-state index in [0.29, 0.717) is 22.4 Å². The van der Waals surface area contributed by atoms with E-state index in [-0.39, 0.29) is 17.3 Å². The molecule has 150 valence electrons. The minimum Gasteiger partial charge on any atom is -0.416 e. The average molecular weight is 411 g/mol. The lowest BCUT2D eigenvalue weighted by Gasteiger charge is -2.08. The fourth-order valence-corrected chi connectivity index (χ4v) is 3.28. The molecule has 9 heteroatoms. The second-order valence-corrected chi connectivity index (χ2v) is 6.68. The quantitative estimate of drug-likeness (QED) is 0.324. The summed E-state index contributed by atoms with van der Waals surface area (Å²) in [5, 5.41) is 20.2. The first-order valence-electron chi connectivity index (χ1n) is 9.26. The van der Waals surface area contributed by atoms with Crippen molar-refractivity contribution >= 4 is 16.6 Å². The molecule has 0 radical (unpaired) electrons. The highest BCUT2D eigenvalue weighted by Crippen LogP contribution is 2.30. The van der Waals surface area contributed by atoms with Crippen molar-refractivity contribution in [2.45, 2.75) is 0 Å². The molecule has 0 bridgehead atoms. The summed E-state index contributed by atoms with van der Waals surface area (Å²) in [5.74, 6) is 0.440. The number of hydrogen-bond donors (Lipinski definition) is 0. The van der Waals surface area contributed by atoms with Gasteiger partial charge in [-0.3, -0.25) is 19.5 Å². The Morgan fingerprint density at radius 1 is 0.871 bits per heavy atom. The number of nitrogens with zero attached hydrogens (tertiary/aromatic N) is 5. The van der Waals surface area contributed by atoms with E-state index < -0.39 is 10.5 Å². The summed E-state index contributed by atoms with van der Waals surface area (Å²) in [6.07, 6.45) is 1.28. The second kappa shape index (κ2) is 7.30. The molecule has 0 saturated heterocycles. The number of nitro groups is 1. The molecule has 9 nitrogen and oxygen atoms in total. The topological polar surface area (TPSA) is 117 Å². The van der Waals surface area contributed by atoms with Gasteiger partial charge in [-0.2, -0.15) is 0 Å². The number of benzene rings is 3. The van der Waals surface area contributed by atoms with Crippen LogP contribution in [-0.4, -0.2) is 24.7 Å². The summed E-state index contributed by atoms with van der Waals surface area (Å²) in [6, 6.07) is 20.4. The normalized spacial score (nSPS) is 11.0. The largest absolute Gasteiger partial charge is 0.416 e. The third kappa shape index (κ3) is 3.23. The minimum atomic E-state index is -0.561. The van der Waals surface area contributed by atoms with Gasteiger partial charge in [0.25, 0.3) is 11.2 Å². The van der Waals surface area contributed by atoms with Crippen LogP contribution < -0.4 is 5.56 Å². The van der Waals surface area contributed by atoms with E-state index in [1.54, 1.807) is 30.3 Å². The lowest BCUT2D eigenvalue weighted by atomic mass is 10.1. The molecule has 5 rings (SSSR count). The van der Waals surface area contributed by atoms with Crippen LogP contribution in [0.15, 0.2) is 88.3 Å². The highest BCUT2D eigenvalue weighted by atomic mass is 16.6. The van der Waals surface area contributed by atoms with Crippen LogP contribution in [-0.2, 0) is 0 Å². The van der Waals surface area contributed by atoms with Gasteiger partial charge in [-0.15, -0.1) is 10.2 Å². The summed E-state index contributed by atoms with van der Waals surface area (Å²) in [5.41, 5.74) is 1.04. The van der Waals surface area contributed by atoms with Crippen molar-refractivity contribution in [3.05, 3.63) is 99.6 Å². The molecule has 2 heterocycles. The third-order valence-corrected chi connectivity index (χ3v) is 4.79. The highest BCUT2D eigenvalue weighted by Gasteiger charge is 2.21. The Labute approximate surface area is 174 Å². The Balaban J connectivity index is 1.61. The predicted molar refractivity (Wildman–Crippen MR) is 113 cm³/mol. The van der Waals surface area contributed by atoms with E-state index in [1.807, 2.05) is 30.3 Å². The van der Waals surface area contributed by atoms with Crippen LogP contribution in [0.2, 0.25) is 0 Å². The van der Waals surface area contributed by atoms with Gasteiger partial charge in [-0.05, 0) is 36.4 Å². The third-order valence-electron chi connectivity index (χ3n) is 4.79. The van der Waals surface area contributed by atoms with E-state index in [2.05, 4.69) is 15.2 Å². The Morgan fingerprint density at radius 2 is 1.58 bits per heavy atom. The van der Waals surface area contributed by atoms with E-state index >= 15 is 0 Å². The van der Waals surface area contributed by atoms with Crippen LogP contribution in [0.25, 0.3) is 39.5 Å². The number of rotatable bonds is 4. The van der Waals surface area contributed by atoms with Gasteiger partial charge < -0.3 is 4.42 Å². The Hall–Kier alpha value is -4.66. The highest BCUT2D eigenvalue weighted by molar-refractivity contribution is 5.78. The van der Waals surface area contributed by atoms with E-state index in [1.165, 1.54) is 18.5 Å². The lowest BCUT2D eigenvalue weighted by Crippen LogP contribution is -2.19. The average Bonchev–Trinajstić information content (AvgIpc) is 3.30. The Bertz CT molecular complexity index is 1490. The molecule has 2 aromatic heterocycles. The van der Waals surface area contributed by atoms with Crippen molar-refractivity contribution in [3.63, 3.8) is 0 Å². The van der Waals surface area contributed by atoms with Crippen molar-refractivity contribution < 1.29 is 9.34 Å². The molecule has 0 saturated carbocycles. The van der Waals surface area contributed by atoms with Crippen molar-refractivity contribution in [1.82, 2.24) is 19.7 Å². The molecule has 0 amide bonds. The first-order chi connectivity index (χ1) is 15.1. The number of para-hydroxylation sites is 1. The molecule has 0 atom stereocenters. The smallest absolute Gasteiger partial charge is 0.294 e. The van der Waals surface area contributed by atoms with Crippen LogP contribution in [0.4, 0.5) is 5.69 Å². The molecule has 5 aromatic rings. The fraction of sp³-hybridized carbons (Fsp3) is 0. The summed E-state index contributed by atoms with van der Waals surface area (Å²) < 4.78 is 6.85. The van der Waals surface area contributed by atoms with Crippen LogP contribution in [0.3, 0.4) is 0 Å². The minimum absolute atomic E-state index is 0.0970. The molecule has 0 N–H and O–H groups in total. The molecule has 0 fully saturated rings. The maximum atomic E-state index is 12.9. The van der Waals surface area contributed by atoms with Crippen LogP contribution in [0.1, 0.15) is 0 Å². The lowest BCUT2D eigenvalue weighted by molar-refractivity contribution is -0.384. The van der Waals surface area contributed by atoms with Gasteiger partial charge in [-0.1, -0.05) is 30.3 Å². The van der Waals surface area contributed by atoms with Gasteiger partial charge in [0.05, 0.1) is 15.8 Å². The second-order valence-electron chi connectivity index (χ2n) is 6.68. The maximum absolute atomic E-state index is 12.9. The van der Waals surface area contributed by atoms with E-state index in [4.69, 9.17) is 4.42 Å². The Kier molecular flexibility index (Phi) is 4.33. The molecular formula is C22H13N5O4. The molecule has 0 aliphatic rings. The summed E-state index contributed by atoms with van der Waals surface area (Å²) in [4.78, 5) is 28.3. The number of fused-ring (bicyclic) bond motifs is 1. The molecule has 0 aliphatic carbocycles. The zero-order chi connectivity index (χ0) is 21.4. The van der Waals surface area contributed by atoms with Gasteiger partial charge in [0.1, 0.15) is 12.0 Å². The van der Waals surface area contributed by atoms with Crippen molar-refractivity contribution in [2.75, 3.05) is 0 Å².